The maximum absolute atomic E-state index is 13.8. The van der Waals surface area contributed by atoms with Crippen LogP contribution in [-0.2, 0) is 10.2 Å². The number of benzene rings is 1. The SMILES string of the molecule is CCC1C2CC3C4N(C)c5ccccc5C45CC(C2C5=O)N3C1O. The number of nitrogens with zero attached hydrogens (tertiary/aromatic N) is 2. The Kier molecular flexibility index (Phi) is 2.34. The average molecular weight is 324 g/mol. The van der Waals surface area contributed by atoms with Crippen molar-refractivity contribution < 1.29 is 9.90 Å². The van der Waals surface area contributed by atoms with E-state index in [1.165, 1.54) is 11.3 Å². The minimum Gasteiger partial charge on any atom is -0.378 e. The van der Waals surface area contributed by atoms with E-state index in [9.17, 15) is 9.90 Å². The normalized spacial score (nSPS) is 52.8. The quantitative estimate of drug-likeness (QED) is 0.855. The summed E-state index contributed by atoms with van der Waals surface area (Å²) in [5.41, 5.74) is 2.16. The molecule has 9 unspecified atom stereocenters. The fourth-order valence-electron chi connectivity index (χ4n) is 7.57. The molecule has 0 aromatic heterocycles. The Hall–Kier alpha value is -1.39. The predicted molar refractivity (Wildman–Crippen MR) is 90.7 cm³/mol. The lowest BCUT2D eigenvalue weighted by molar-refractivity contribution is -0.207. The van der Waals surface area contributed by atoms with Crippen LogP contribution in [0.5, 0.6) is 0 Å². The van der Waals surface area contributed by atoms with Crippen molar-refractivity contribution in [1.82, 2.24) is 4.90 Å². The molecule has 0 amide bonds. The Balaban J connectivity index is 1.61. The first-order valence-corrected chi connectivity index (χ1v) is 9.43. The highest BCUT2D eigenvalue weighted by atomic mass is 16.3. The summed E-state index contributed by atoms with van der Waals surface area (Å²) in [6.07, 6.45) is 2.59. The number of hydrogen-bond acceptors (Lipinski definition) is 4. The van der Waals surface area contributed by atoms with Gasteiger partial charge in [0.05, 0.1) is 11.5 Å². The molecule has 1 aromatic rings. The zero-order valence-corrected chi connectivity index (χ0v) is 14.2. The molecule has 1 aliphatic carbocycles. The Morgan fingerprint density at radius 2 is 2.08 bits per heavy atom. The number of para-hydroxylation sites is 1. The van der Waals surface area contributed by atoms with Gasteiger partial charge in [-0.15, -0.1) is 0 Å². The minimum atomic E-state index is -0.360. The van der Waals surface area contributed by atoms with E-state index in [1.54, 1.807) is 0 Å². The highest BCUT2D eigenvalue weighted by Gasteiger charge is 2.76. The van der Waals surface area contributed by atoms with Crippen LogP contribution in [0, 0.1) is 17.8 Å². The van der Waals surface area contributed by atoms with E-state index in [0.717, 1.165) is 19.3 Å². The third-order valence-electron chi connectivity index (χ3n) is 8.19. The van der Waals surface area contributed by atoms with Gasteiger partial charge in [-0.1, -0.05) is 25.1 Å². The van der Waals surface area contributed by atoms with Gasteiger partial charge < -0.3 is 10.0 Å². The van der Waals surface area contributed by atoms with Crippen molar-refractivity contribution in [2.24, 2.45) is 17.8 Å². The molecule has 4 nitrogen and oxygen atoms in total. The monoisotopic (exact) mass is 324 g/mol. The summed E-state index contributed by atoms with van der Waals surface area (Å²) < 4.78 is 0. The molecule has 24 heavy (non-hydrogen) atoms. The molecular formula is C20H24N2O2. The van der Waals surface area contributed by atoms with Crippen molar-refractivity contribution in [2.45, 2.75) is 56.0 Å². The van der Waals surface area contributed by atoms with E-state index in [0.29, 0.717) is 17.7 Å². The summed E-state index contributed by atoms with van der Waals surface area (Å²) in [4.78, 5) is 18.5. The number of likely N-dealkylation sites (N-methyl/N-ethyl adjacent to an activating group) is 1. The van der Waals surface area contributed by atoms with E-state index >= 15 is 0 Å². The second-order valence-electron chi connectivity index (χ2n) is 8.61. The van der Waals surface area contributed by atoms with Gasteiger partial charge in [0.1, 0.15) is 6.23 Å². The molecule has 0 radical (unpaired) electrons. The van der Waals surface area contributed by atoms with Crippen molar-refractivity contribution >= 4 is 11.5 Å². The molecule has 5 bridgehead atoms. The van der Waals surface area contributed by atoms with Crippen LogP contribution in [0.15, 0.2) is 24.3 Å². The van der Waals surface area contributed by atoms with E-state index in [-0.39, 0.29) is 35.6 Å². The van der Waals surface area contributed by atoms with Gasteiger partial charge in [0.15, 0.2) is 5.78 Å². The van der Waals surface area contributed by atoms with E-state index < -0.39 is 0 Å². The summed E-state index contributed by atoms with van der Waals surface area (Å²) >= 11 is 0. The highest BCUT2D eigenvalue weighted by molar-refractivity contribution is 6.01. The summed E-state index contributed by atoms with van der Waals surface area (Å²) in [5.74, 6) is 1.26. The lowest BCUT2D eigenvalue weighted by atomic mass is 9.62. The van der Waals surface area contributed by atoms with E-state index in [2.05, 4.69) is 48.0 Å². The van der Waals surface area contributed by atoms with Crippen molar-refractivity contribution in [2.75, 3.05) is 11.9 Å². The van der Waals surface area contributed by atoms with Gasteiger partial charge in [-0.3, -0.25) is 9.69 Å². The Morgan fingerprint density at radius 1 is 1.29 bits per heavy atom. The predicted octanol–water partition coefficient (Wildman–Crippen LogP) is 1.76. The first-order chi connectivity index (χ1) is 11.6. The number of piperidine rings is 4. The molecule has 9 atom stereocenters. The molecule has 1 N–H and O–H groups in total. The van der Waals surface area contributed by atoms with Crippen LogP contribution < -0.4 is 4.90 Å². The molecule has 1 aromatic carbocycles. The molecular weight excluding hydrogens is 300 g/mol. The molecule has 1 spiro atoms. The second kappa shape index (κ2) is 4.05. The van der Waals surface area contributed by atoms with Crippen LogP contribution in [0.25, 0.3) is 0 Å². The Morgan fingerprint density at radius 3 is 2.88 bits per heavy atom. The van der Waals surface area contributed by atoms with Gasteiger partial charge in [-0.05, 0) is 36.8 Å². The number of aliphatic hydroxyl groups is 1. The molecule has 4 heteroatoms. The highest BCUT2D eigenvalue weighted by Crippen LogP contribution is 2.67. The Bertz CT molecular complexity index is 764. The third-order valence-corrected chi connectivity index (χ3v) is 8.19. The van der Waals surface area contributed by atoms with Crippen LogP contribution in [0.1, 0.15) is 31.7 Å². The number of anilines is 1. The summed E-state index contributed by atoms with van der Waals surface area (Å²) in [5, 5.41) is 11.0. The van der Waals surface area contributed by atoms with Gasteiger partial charge in [-0.2, -0.15) is 0 Å². The number of hydrogen-bond donors (Lipinski definition) is 1. The van der Waals surface area contributed by atoms with Crippen molar-refractivity contribution in [3.8, 4) is 0 Å². The van der Waals surface area contributed by atoms with Crippen molar-refractivity contribution in [3.05, 3.63) is 29.8 Å². The zero-order valence-electron chi connectivity index (χ0n) is 14.2. The first kappa shape index (κ1) is 13.9. The number of Topliss-reactive ketones (excluding diaryl/α,β-unsaturated/α-hetero) is 1. The van der Waals surface area contributed by atoms with Gasteiger partial charge in [0.25, 0.3) is 0 Å². The minimum absolute atomic E-state index is 0.138. The van der Waals surface area contributed by atoms with Gasteiger partial charge in [0.2, 0.25) is 0 Å². The molecule has 7 rings (SSSR count). The van der Waals surface area contributed by atoms with Crippen molar-refractivity contribution in [1.29, 1.82) is 0 Å². The van der Waals surface area contributed by atoms with Gasteiger partial charge >= 0.3 is 0 Å². The topological polar surface area (TPSA) is 43.8 Å². The van der Waals surface area contributed by atoms with Crippen LogP contribution in [-0.4, -0.2) is 47.2 Å². The van der Waals surface area contributed by atoms with E-state index in [1.807, 2.05) is 0 Å². The Labute approximate surface area is 142 Å². The fourth-order valence-corrected chi connectivity index (χ4v) is 7.57. The molecule has 5 fully saturated rings. The summed E-state index contributed by atoms with van der Waals surface area (Å²) in [7, 11) is 2.15. The van der Waals surface area contributed by atoms with Crippen LogP contribution in [0.3, 0.4) is 0 Å². The average Bonchev–Trinajstić information content (AvgIpc) is 2.97. The first-order valence-electron chi connectivity index (χ1n) is 9.43. The molecule has 6 aliphatic rings. The lowest BCUT2D eigenvalue weighted by Crippen LogP contribution is -2.72. The number of rotatable bonds is 1. The van der Waals surface area contributed by atoms with Gasteiger partial charge in [0, 0.05) is 36.7 Å². The van der Waals surface area contributed by atoms with Crippen LogP contribution >= 0.6 is 0 Å². The number of carbonyl (C=O) groups is 1. The molecule has 126 valence electrons. The fraction of sp³-hybridized carbons (Fsp3) is 0.650. The molecule has 4 saturated heterocycles. The van der Waals surface area contributed by atoms with Crippen molar-refractivity contribution in [3.63, 3.8) is 0 Å². The van der Waals surface area contributed by atoms with Gasteiger partial charge in [-0.25, -0.2) is 0 Å². The maximum atomic E-state index is 13.8. The number of fused-ring (bicyclic) bond motifs is 2. The lowest BCUT2D eigenvalue weighted by Gasteiger charge is -2.62. The third kappa shape index (κ3) is 1.16. The number of aliphatic hydroxyl groups excluding tert-OH is 1. The second-order valence-corrected chi connectivity index (χ2v) is 8.61. The van der Waals surface area contributed by atoms with E-state index in [4.69, 9.17) is 0 Å². The standard InChI is InChI=1S/C20H24N2O2/c1-3-10-11-8-14-17-20(12-6-4-5-7-13(12)21(17)2)9-15(16(11)18(20)23)22(14)19(10)24/h4-7,10-11,14-17,19,24H,3,8-9H2,1-2H3. The molecule has 5 heterocycles. The van der Waals surface area contributed by atoms with Crippen LogP contribution in [0.2, 0.25) is 0 Å². The summed E-state index contributed by atoms with van der Waals surface area (Å²) in [6, 6.07) is 9.27. The number of ketones is 1. The molecule has 5 aliphatic heterocycles. The zero-order chi connectivity index (χ0) is 16.4. The van der Waals surface area contributed by atoms with Crippen LogP contribution in [0.4, 0.5) is 5.69 Å². The molecule has 1 saturated carbocycles. The number of carbonyl (C=O) groups excluding carboxylic acids is 1. The largest absolute Gasteiger partial charge is 0.378 e. The summed E-state index contributed by atoms with van der Waals surface area (Å²) in [6.45, 7) is 2.16. The smallest absolute Gasteiger partial charge is 0.150 e. The maximum Gasteiger partial charge on any atom is 0.150 e.